The van der Waals surface area contributed by atoms with Gasteiger partial charge in [0.25, 0.3) is 0 Å². The molecular formula is C8H14O2. The Morgan fingerprint density at radius 2 is 1.90 bits per heavy atom. The number of aliphatic hydroxyl groups excluding tert-OH is 2. The van der Waals surface area contributed by atoms with E-state index >= 15 is 0 Å². The zero-order valence-electron chi connectivity index (χ0n) is 6.46. The van der Waals surface area contributed by atoms with Crippen molar-refractivity contribution in [2.75, 3.05) is 0 Å². The van der Waals surface area contributed by atoms with E-state index < -0.39 is 0 Å². The summed E-state index contributed by atoms with van der Waals surface area (Å²) >= 11 is 0. The van der Waals surface area contributed by atoms with Crippen molar-refractivity contribution in [3.05, 3.63) is 23.7 Å². The van der Waals surface area contributed by atoms with Crippen LogP contribution in [0.2, 0.25) is 0 Å². The third kappa shape index (κ3) is 3.17. The topological polar surface area (TPSA) is 40.5 Å². The fourth-order valence-corrected chi connectivity index (χ4v) is 0.670. The van der Waals surface area contributed by atoms with Crippen LogP contribution in [0.15, 0.2) is 23.7 Å². The van der Waals surface area contributed by atoms with Crippen molar-refractivity contribution in [1.29, 1.82) is 0 Å². The second-order valence-corrected chi connectivity index (χ2v) is 1.80. The molecule has 1 rings (SSSR count). The molecule has 0 fully saturated rings. The molecule has 1 aliphatic rings. The van der Waals surface area contributed by atoms with Crippen LogP contribution in [-0.2, 0) is 0 Å². The van der Waals surface area contributed by atoms with Crippen molar-refractivity contribution in [2.24, 2.45) is 0 Å². The Morgan fingerprint density at radius 3 is 2.20 bits per heavy atom. The highest BCUT2D eigenvalue weighted by Crippen LogP contribution is 2.11. The molecule has 0 heterocycles. The summed E-state index contributed by atoms with van der Waals surface area (Å²) in [4.78, 5) is 0. The Kier molecular flexibility index (Phi) is 4.46. The number of rotatable bonds is 0. The van der Waals surface area contributed by atoms with Crippen LogP contribution in [0.25, 0.3) is 0 Å². The average Bonchev–Trinajstić information content (AvgIpc) is 1.91. The summed E-state index contributed by atoms with van der Waals surface area (Å²) in [6, 6.07) is 0. The molecular weight excluding hydrogens is 128 g/mol. The summed E-state index contributed by atoms with van der Waals surface area (Å²) in [5, 5.41) is 17.4. The molecule has 0 aromatic rings. The zero-order valence-corrected chi connectivity index (χ0v) is 6.46. The van der Waals surface area contributed by atoms with E-state index in [-0.39, 0.29) is 11.5 Å². The lowest BCUT2D eigenvalue weighted by Crippen LogP contribution is -1.89. The first-order chi connectivity index (χ1) is 4.79. The van der Waals surface area contributed by atoms with Crippen LogP contribution in [0, 0.1) is 0 Å². The second kappa shape index (κ2) is 4.91. The molecule has 0 aromatic heterocycles. The van der Waals surface area contributed by atoms with Crippen LogP contribution in [0.1, 0.15) is 26.7 Å². The monoisotopic (exact) mass is 142 g/mol. The summed E-state index contributed by atoms with van der Waals surface area (Å²) in [6.45, 7) is 4.00. The second-order valence-electron chi connectivity index (χ2n) is 1.80. The molecule has 0 spiro atoms. The van der Waals surface area contributed by atoms with E-state index in [1.165, 1.54) is 6.08 Å². The first-order valence-corrected chi connectivity index (χ1v) is 3.58. The average molecular weight is 142 g/mol. The van der Waals surface area contributed by atoms with Gasteiger partial charge in [-0.05, 0) is 12.5 Å². The van der Waals surface area contributed by atoms with E-state index in [2.05, 4.69) is 0 Å². The maximum absolute atomic E-state index is 8.74. The smallest absolute Gasteiger partial charge is 0.114 e. The molecule has 10 heavy (non-hydrogen) atoms. The fraction of sp³-hybridized carbons (Fsp3) is 0.500. The van der Waals surface area contributed by atoms with E-state index in [0.29, 0.717) is 6.42 Å². The van der Waals surface area contributed by atoms with Crippen molar-refractivity contribution in [3.63, 3.8) is 0 Å². The standard InChI is InChI=1S/C6H8O2.C2H6/c7-5-2-1-3-6(8)4-5;1-2/h2,4,7-8H,1,3H2;1-2H3. The van der Waals surface area contributed by atoms with Crippen molar-refractivity contribution in [2.45, 2.75) is 26.7 Å². The van der Waals surface area contributed by atoms with Gasteiger partial charge in [-0.3, -0.25) is 0 Å². The van der Waals surface area contributed by atoms with Crippen LogP contribution in [0.5, 0.6) is 0 Å². The van der Waals surface area contributed by atoms with Crippen LogP contribution in [0.3, 0.4) is 0 Å². The Hall–Kier alpha value is -0.920. The molecule has 2 N–H and O–H groups in total. The molecule has 0 aliphatic heterocycles. The Bertz CT molecular complexity index is 145. The third-order valence-electron chi connectivity index (χ3n) is 1.07. The number of hydrogen-bond acceptors (Lipinski definition) is 2. The van der Waals surface area contributed by atoms with Gasteiger partial charge in [0, 0.05) is 12.5 Å². The first-order valence-electron chi connectivity index (χ1n) is 3.58. The summed E-state index contributed by atoms with van der Waals surface area (Å²) in [6.07, 6.45) is 4.45. The van der Waals surface area contributed by atoms with Crippen molar-refractivity contribution < 1.29 is 10.2 Å². The molecule has 58 valence electrons. The van der Waals surface area contributed by atoms with E-state index in [9.17, 15) is 0 Å². The van der Waals surface area contributed by atoms with Crippen LogP contribution >= 0.6 is 0 Å². The van der Waals surface area contributed by atoms with Gasteiger partial charge in [-0.15, -0.1) is 0 Å². The Morgan fingerprint density at radius 1 is 1.30 bits per heavy atom. The van der Waals surface area contributed by atoms with E-state index in [0.717, 1.165) is 6.42 Å². The van der Waals surface area contributed by atoms with Crippen LogP contribution in [0.4, 0.5) is 0 Å². The van der Waals surface area contributed by atoms with Gasteiger partial charge in [0.1, 0.15) is 5.76 Å². The van der Waals surface area contributed by atoms with Gasteiger partial charge in [0.15, 0.2) is 0 Å². The largest absolute Gasteiger partial charge is 0.512 e. The summed E-state index contributed by atoms with van der Waals surface area (Å²) in [7, 11) is 0. The summed E-state index contributed by atoms with van der Waals surface area (Å²) < 4.78 is 0. The van der Waals surface area contributed by atoms with Crippen molar-refractivity contribution in [3.8, 4) is 0 Å². The zero-order chi connectivity index (χ0) is 7.98. The quantitative estimate of drug-likeness (QED) is 0.546. The number of hydrogen-bond donors (Lipinski definition) is 2. The van der Waals surface area contributed by atoms with Gasteiger partial charge >= 0.3 is 0 Å². The highest BCUT2D eigenvalue weighted by molar-refractivity contribution is 5.17. The Labute approximate surface area is 61.5 Å². The Balaban J connectivity index is 0.000000371. The highest BCUT2D eigenvalue weighted by atomic mass is 16.3. The van der Waals surface area contributed by atoms with Crippen LogP contribution < -0.4 is 0 Å². The minimum Gasteiger partial charge on any atom is -0.512 e. The van der Waals surface area contributed by atoms with E-state index in [1.54, 1.807) is 6.08 Å². The van der Waals surface area contributed by atoms with Gasteiger partial charge in [0.2, 0.25) is 0 Å². The van der Waals surface area contributed by atoms with Gasteiger partial charge in [0.05, 0.1) is 5.76 Å². The molecule has 2 nitrogen and oxygen atoms in total. The molecule has 0 amide bonds. The number of aliphatic hydroxyl groups is 2. The minimum atomic E-state index is 0.175. The molecule has 1 aliphatic carbocycles. The molecule has 2 heteroatoms. The van der Waals surface area contributed by atoms with E-state index in [1.807, 2.05) is 13.8 Å². The molecule has 0 unspecified atom stereocenters. The molecule has 0 atom stereocenters. The normalized spacial score (nSPS) is 16.2. The van der Waals surface area contributed by atoms with Gasteiger partial charge in [-0.1, -0.05) is 13.8 Å². The summed E-state index contributed by atoms with van der Waals surface area (Å²) in [5.41, 5.74) is 0. The predicted molar refractivity (Wildman–Crippen MR) is 42.0 cm³/mol. The van der Waals surface area contributed by atoms with Crippen LogP contribution in [-0.4, -0.2) is 10.2 Å². The lowest BCUT2D eigenvalue weighted by molar-refractivity contribution is 0.364. The molecule has 0 bridgehead atoms. The predicted octanol–water partition coefficient (Wildman–Crippen LogP) is 2.69. The first kappa shape index (κ1) is 9.08. The lowest BCUT2D eigenvalue weighted by Gasteiger charge is -2.02. The van der Waals surface area contributed by atoms with E-state index in [4.69, 9.17) is 10.2 Å². The third-order valence-corrected chi connectivity index (χ3v) is 1.07. The maximum Gasteiger partial charge on any atom is 0.114 e. The van der Waals surface area contributed by atoms with Crippen molar-refractivity contribution >= 4 is 0 Å². The molecule has 0 saturated carbocycles. The summed E-state index contributed by atoms with van der Waals surface area (Å²) in [5.74, 6) is 0.443. The molecule has 0 radical (unpaired) electrons. The fourth-order valence-electron chi connectivity index (χ4n) is 0.670. The maximum atomic E-state index is 8.74. The lowest BCUT2D eigenvalue weighted by atomic mass is 10.1. The van der Waals surface area contributed by atoms with Gasteiger partial charge in [-0.25, -0.2) is 0 Å². The van der Waals surface area contributed by atoms with Gasteiger partial charge < -0.3 is 10.2 Å². The van der Waals surface area contributed by atoms with Gasteiger partial charge in [-0.2, -0.15) is 0 Å². The molecule has 0 aromatic carbocycles. The SMILES string of the molecule is CC.OC1=CCCC(O)=C1. The minimum absolute atomic E-state index is 0.175. The molecule has 0 saturated heterocycles. The van der Waals surface area contributed by atoms with Crippen molar-refractivity contribution in [1.82, 2.24) is 0 Å². The number of allylic oxidation sites excluding steroid dienone is 3. The highest BCUT2D eigenvalue weighted by Gasteiger charge is 1.99.